The summed E-state index contributed by atoms with van der Waals surface area (Å²) in [5.74, 6) is 2.67. The molecular formula is C18H14FN4O2P. The van der Waals surface area contributed by atoms with E-state index in [4.69, 9.17) is 10.9 Å². The van der Waals surface area contributed by atoms with Crippen LogP contribution in [0.15, 0.2) is 54.9 Å². The van der Waals surface area contributed by atoms with Gasteiger partial charge in [0.2, 0.25) is 0 Å². The second-order valence-electron chi connectivity index (χ2n) is 5.68. The Balaban J connectivity index is 1.77. The monoisotopic (exact) mass is 368 g/mol. The van der Waals surface area contributed by atoms with Crippen LogP contribution in [0.25, 0.3) is 11.4 Å². The summed E-state index contributed by atoms with van der Waals surface area (Å²) < 4.78 is 36.1. The zero-order chi connectivity index (χ0) is 18.1. The van der Waals surface area contributed by atoms with Gasteiger partial charge in [-0.1, -0.05) is 36.3 Å². The van der Waals surface area contributed by atoms with Crippen LogP contribution in [0.4, 0.5) is 4.39 Å². The molecule has 4 rings (SSSR count). The van der Waals surface area contributed by atoms with Gasteiger partial charge in [-0.25, -0.2) is 13.9 Å². The van der Waals surface area contributed by atoms with Crippen molar-refractivity contribution in [3.63, 3.8) is 0 Å². The van der Waals surface area contributed by atoms with Gasteiger partial charge in [0.25, 0.3) is 0 Å². The lowest BCUT2D eigenvalue weighted by Gasteiger charge is -2.34. The summed E-state index contributed by atoms with van der Waals surface area (Å²) in [5.41, 5.74) is 1.10. The van der Waals surface area contributed by atoms with E-state index in [9.17, 15) is 8.96 Å². The normalized spacial score (nSPS) is 19.4. The summed E-state index contributed by atoms with van der Waals surface area (Å²) in [6.07, 6.45) is 6.71. The molecule has 0 aliphatic carbocycles. The molecule has 8 heteroatoms. The highest BCUT2D eigenvalue weighted by molar-refractivity contribution is 7.55. The van der Waals surface area contributed by atoms with Crippen LogP contribution in [0.1, 0.15) is 5.56 Å². The number of nitrogens with zero attached hydrogens (tertiary/aromatic N) is 4. The van der Waals surface area contributed by atoms with E-state index in [1.54, 1.807) is 30.3 Å². The smallest absolute Gasteiger partial charge is 0.416 e. The number of para-hydroxylation sites is 1. The molecule has 0 fully saturated rings. The fraction of sp³-hybridized carbons (Fsp3) is 0.111. The van der Waals surface area contributed by atoms with Crippen LogP contribution >= 0.6 is 7.67 Å². The summed E-state index contributed by atoms with van der Waals surface area (Å²) in [7, 11) is -3.63. The van der Waals surface area contributed by atoms with Gasteiger partial charge in [-0.05, 0) is 18.2 Å². The van der Waals surface area contributed by atoms with Crippen molar-refractivity contribution in [1.29, 1.82) is 0 Å². The van der Waals surface area contributed by atoms with Gasteiger partial charge in [-0.2, -0.15) is 9.12 Å². The van der Waals surface area contributed by atoms with Gasteiger partial charge in [0.15, 0.2) is 5.82 Å². The first-order valence-corrected chi connectivity index (χ1v) is 9.39. The molecule has 0 spiro atoms. The lowest BCUT2D eigenvalue weighted by Crippen LogP contribution is -2.30. The Hall–Kier alpha value is -2.94. The summed E-state index contributed by atoms with van der Waals surface area (Å²) in [6, 6.07) is 13.4. The van der Waals surface area contributed by atoms with Gasteiger partial charge in [0.05, 0.1) is 12.1 Å². The van der Waals surface area contributed by atoms with Crippen molar-refractivity contribution in [1.82, 2.24) is 19.2 Å². The highest BCUT2D eigenvalue weighted by Crippen LogP contribution is 2.56. The molecule has 26 heavy (non-hydrogen) atoms. The van der Waals surface area contributed by atoms with Crippen molar-refractivity contribution >= 4 is 7.67 Å². The van der Waals surface area contributed by atoms with Crippen LogP contribution in [-0.4, -0.2) is 25.8 Å². The van der Waals surface area contributed by atoms with Crippen molar-refractivity contribution in [2.45, 2.75) is 6.54 Å². The van der Waals surface area contributed by atoms with Crippen LogP contribution in [0.2, 0.25) is 0 Å². The number of benzene rings is 2. The minimum Gasteiger partial charge on any atom is -0.416 e. The Kier molecular flexibility index (Phi) is 4.08. The van der Waals surface area contributed by atoms with Crippen LogP contribution < -0.4 is 4.52 Å². The first kappa shape index (κ1) is 16.5. The molecular weight excluding hydrogens is 354 g/mol. The van der Waals surface area contributed by atoms with Crippen molar-refractivity contribution < 1.29 is 13.5 Å². The van der Waals surface area contributed by atoms with E-state index in [-0.39, 0.29) is 17.9 Å². The van der Waals surface area contributed by atoms with E-state index in [1.165, 1.54) is 17.1 Å². The fourth-order valence-electron chi connectivity index (χ4n) is 2.76. The average molecular weight is 368 g/mol. The van der Waals surface area contributed by atoms with Gasteiger partial charge < -0.3 is 4.52 Å². The first-order valence-electron chi connectivity index (χ1n) is 7.85. The molecule has 1 atom stereocenters. The molecule has 6 nitrogen and oxygen atoms in total. The zero-order valence-electron chi connectivity index (χ0n) is 13.6. The zero-order valence-corrected chi connectivity index (χ0v) is 14.5. The third kappa shape index (κ3) is 2.70. The predicted molar refractivity (Wildman–Crippen MR) is 94.7 cm³/mol. The number of rotatable bonds is 3. The van der Waals surface area contributed by atoms with E-state index < -0.39 is 13.5 Å². The number of terminal acetylenes is 1. The standard InChI is InChI=1S/C18H14FN4O2P/c1-2-11-22-12-14-7-3-6-10-17(14)25-26(22,24)23-13-20-18(21-23)15-8-4-5-9-16(15)19/h1,3-10,13H,11-12H2. The largest absolute Gasteiger partial charge is 0.444 e. The third-order valence-corrected chi connectivity index (χ3v) is 6.17. The Morgan fingerprint density at radius 1 is 1.23 bits per heavy atom. The lowest BCUT2D eigenvalue weighted by atomic mass is 10.2. The summed E-state index contributed by atoms with van der Waals surface area (Å²) in [5, 5.41) is 4.21. The van der Waals surface area contributed by atoms with Gasteiger partial charge in [0, 0.05) is 12.1 Å². The van der Waals surface area contributed by atoms with Crippen LogP contribution in [-0.2, 0) is 11.1 Å². The number of halogens is 1. The summed E-state index contributed by atoms with van der Waals surface area (Å²) >= 11 is 0. The maximum atomic E-state index is 14.0. The SMILES string of the molecule is C#CCN1Cc2ccccc2OP1(=O)n1cnc(-c2ccccc2F)n1. The van der Waals surface area contributed by atoms with E-state index in [2.05, 4.69) is 16.0 Å². The van der Waals surface area contributed by atoms with Crippen LogP contribution in [0.5, 0.6) is 5.75 Å². The van der Waals surface area contributed by atoms with Crippen LogP contribution in [0, 0.1) is 18.2 Å². The molecule has 3 aromatic rings. The molecule has 0 saturated carbocycles. The molecule has 0 saturated heterocycles. The molecule has 2 aromatic carbocycles. The minimum atomic E-state index is -3.63. The molecule has 1 aliphatic rings. The molecule has 0 N–H and O–H groups in total. The van der Waals surface area contributed by atoms with Gasteiger partial charge in [-0.3, -0.25) is 0 Å². The summed E-state index contributed by atoms with van der Waals surface area (Å²) in [6.45, 7) is 0.465. The van der Waals surface area contributed by atoms with E-state index in [1.807, 2.05) is 12.1 Å². The molecule has 1 aromatic heterocycles. The highest BCUT2D eigenvalue weighted by Gasteiger charge is 2.41. The Morgan fingerprint density at radius 2 is 2.00 bits per heavy atom. The number of hydrogen-bond donors (Lipinski definition) is 0. The average Bonchev–Trinajstić information content (AvgIpc) is 3.13. The molecule has 2 heterocycles. The van der Waals surface area contributed by atoms with Gasteiger partial charge in [0.1, 0.15) is 17.9 Å². The molecule has 1 aliphatic heterocycles. The number of aromatic nitrogens is 3. The maximum Gasteiger partial charge on any atom is 0.444 e. The van der Waals surface area contributed by atoms with E-state index in [0.717, 1.165) is 10.0 Å². The van der Waals surface area contributed by atoms with Gasteiger partial charge in [-0.15, -0.1) is 11.5 Å². The van der Waals surface area contributed by atoms with Crippen LogP contribution in [0.3, 0.4) is 0 Å². The number of fused-ring (bicyclic) bond motifs is 1. The minimum absolute atomic E-state index is 0.112. The molecule has 1 unspecified atom stereocenters. The molecule has 130 valence electrons. The highest BCUT2D eigenvalue weighted by atomic mass is 31.2. The third-order valence-electron chi connectivity index (χ3n) is 4.03. The fourth-order valence-corrected chi connectivity index (χ4v) is 4.62. The summed E-state index contributed by atoms with van der Waals surface area (Å²) in [4.78, 5) is 4.10. The first-order chi connectivity index (χ1) is 12.6. The Morgan fingerprint density at radius 3 is 2.81 bits per heavy atom. The van der Waals surface area contributed by atoms with E-state index >= 15 is 0 Å². The Labute approximate surface area is 149 Å². The maximum absolute atomic E-state index is 14.0. The van der Waals surface area contributed by atoms with Crippen molar-refractivity contribution in [2.75, 3.05) is 6.54 Å². The molecule has 0 bridgehead atoms. The lowest BCUT2D eigenvalue weighted by molar-refractivity contribution is 0.328. The van der Waals surface area contributed by atoms with E-state index in [0.29, 0.717) is 12.3 Å². The Bertz CT molecular complexity index is 1060. The molecule has 0 radical (unpaired) electrons. The van der Waals surface area contributed by atoms with Crippen molar-refractivity contribution in [3.05, 3.63) is 66.2 Å². The topological polar surface area (TPSA) is 60.2 Å². The number of hydrogen-bond acceptors (Lipinski definition) is 4. The predicted octanol–water partition coefficient (Wildman–Crippen LogP) is 3.57. The van der Waals surface area contributed by atoms with Crippen molar-refractivity contribution in [2.24, 2.45) is 0 Å². The van der Waals surface area contributed by atoms with Crippen molar-refractivity contribution in [3.8, 4) is 29.5 Å². The quantitative estimate of drug-likeness (QED) is 0.523. The molecule has 0 amide bonds. The second-order valence-corrected chi connectivity index (χ2v) is 7.82. The second kappa shape index (κ2) is 6.41. The van der Waals surface area contributed by atoms with Gasteiger partial charge >= 0.3 is 7.67 Å².